The molecule has 0 bridgehead atoms. The summed E-state index contributed by atoms with van der Waals surface area (Å²) in [5.74, 6) is 3.77. The van der Waals surface area contributed by atoms with Crippen molar-refractivity contribution >= 4 is 5.78 Å². The number of carbonyl (C=O) groups is 1. The molecule has 0 aromatic heterocycles. The van der Waals surface area contributed by atoms with E-state index in [0.717, 1.165) is 43.4 Å². The Morgan fingerprint density at radius 3 is 2.55 bits per heavy atom. The van der Waals surface area contributed by atoms with Crippen molar-refractivity contribution in [2.45, 2.75) is 105 Å². The normalized spacial score (nSPS) is 45.4. The monoisotopic (exact) mass is 400 g/mol. The highest BCUT2D eigenvalue weighted by molar-refractivity contribution is 5.94. The minimum atomic E-state index is -0.264. The number of aliphatic hydroxyl groups excluding tert-OH is 1. The summed E-state index contributed by atoms with van der Waals surface area (Å²) in [6.45, 7) is 12.0. The minimum absolute atomic E-state index is 0.154. The van der Waals surface area contributed by atoms with Crippen molar-refractivity contribution in [2.75, 3.05) is 0 Å². The van der Waals surface area contributed by atoms with Gasteiger partial charge in [-0.2, -0.15) is 0 Å². The number of rotatable bonds is 5. The van der Waals surface area contributed by atoms with Crippen LogP contribution in [0.5, 0.6) is 0 Å². The second-order valence-electron chi connectivity index (χ2n) is 12.0. The van der Waals surface area contributed by atoms with Crippen LogP contribution < -0.4 is 0 Å². The van der Waals surface area contributed by atoms with Gasteiger partial charge in [0.1, 0.15) is 0 Å². The molecule has 3 fully saturated rings. The Hall–Kier alpha value is -0.630. The number of fused-ring (bicyclic) bond motifs is 5. The Labute approximate surface area is 178 Å². The van der Waals surface area contributed by atoms with E-state index in [4.69, 9.17) is 0 Å². The molecule has 8 atom stereocenters. The van der Waals surface area contributed by atoms with Crippen LogP contribution in [0.2, 0.25) is 0 Å². The molecule has 2 nitrogen and oxygen atoms in total. The lowest BCUT2D eigenvalue weighted by Crippen LogP contribution is -2.56. The summed E-state index contributed by atoms with van der Waals surface area (Å²) in [5, 5.41) is 11.0. The number of ketones is 1. The Morgan fingerprint density at radius 2 is 1.83 bits per heavy atom. The van der Waals surface area contributed by atoms with Gasteiger partial charge in [-0.25, -0.2) is 0 Å². The van der Waals surface area contributed by atoms with Gasteiger partial charge in [-0.3, -0.25) is 4.79 Å². The molecule has 4 aliphatic carbocycles. The van der Waals surface area contributed by atoms with Crippen LogP contribution in [0, 0.1) is 46.3 Å². The zero-order chi connectivity index (χ0) is 21.0. The van der Waals surface area contributed by atoms with E-state index in [1.165, 1.54) is 44.1 Å². The first kappa shape index (κ1) is 21.6. The first-order valence-electron chi connectivity index (χ1n) is 12.6. The number of hydrogen-bond donors (Lipinski definition) is 1. The van der Waals surface area contributed by atoms with Crippen LogP contribution >= 0.6 is 0 Å². The molecule has 1 N–H and O–H groups in total. The van der Waals surface area contributed by atoms with E-state index in [1.54, 1.807) is 0 Å². The van der Waals surface area contributed by atoms with Crippen LogP contribution in [0.25, 0.3) is 0 Å². The lowest BCUT2D eigenvalue weighted by Gasteiger charge is -2.58. The molecule has 4 rings (SSSR count). The Kier molecular flexibility index (Phi) is 5.82. The van der Waals surface area contributed by atoms with Crippen LogP contribution in [-0.4, -0.2) is 17.0 Å². The van der Waals surface area contributed by atoms with Gasteiger partial charge in [0, 0.05) is 11.3 Å². The predicted octanol–water partition coefficient (Wildman–Crippen LogP) is 6.57. The highest BCUT2D eigenvalue weighted by Crippen LogP contribution is 2.66. The molecule has 4 aliphatic rings. The fourth-order valence-electron chi connectivity index (χ4n) is 8.48. The van der Waals surface area contributed by atoms with Crippen molar-refractivity contribution < 1.29 is 9.90 Å². The van der Waals surface area contributed by atoms with Crippen LogP contribution in [-0.2, 0) is 4.79 Å². The van der Waals surface area contributed by atoms with Gasteiger partial charge < -0.3 is 5.11 Å². The van der Waals surface area contributed by atoms with Gasteiger partial charge in [0.2, 0.25) is 0 Å². The van der Waals surface area contributed by atoms with Crippen molar-refractivity contribution in [3.63, 3.8) is 0 Å². The molecule has 3 saturated carbocycles. The lowest BCUT2D eigenvalue weighted by molar-refractivity contribution is -0.140. The maximum absolute atomic E-state index is 13.4. The largest absolute Gasteiger partial charge is 0.392 e. The molecule has 0 spiro atoms. The van der Waals surface area contributed by atoms with E-state index in [1.807, 2.05) is 6.08 Å². The first-order chi connectivity index (χ1) is 13.7. The van der Waals surface area contributed by atoms with E-state index in [-0.39, 0.29) is 17.4 Å². The van der Waals surface area contributed by atoms with Crippen molar-refractivity contribution in [1.29, 1.82) is 0 Å². The summed E-state index contributed by atoms with van der Waals surface area (Å²) in [7, 11) is 0. The van der Waals surface area contributed by atoms with Crippen molar-refractivity contribution in [3.05, 3.63) is 11.6 Å². The fraction of sp³-hybridized carbons (Fsp3) is 0.889. The standard InChI is InChI=1S/C27H44O2/c1-17(2)8-6-9-18(3)20-12-13-21-25-22(14-15-26(20,21)4)27(5)19(16-23(25)28)10-7-11-24(27)29/h16-18,20-22,24-25,29H,6-15H2,1-5H3/t18-,20-,21+,22+,24?,25+,26-,27+/m1/s1. The molecule has 2 heteroatoms. The minimum Gasteiger partial charge on any atom is -0.392 e. The summed E-state index contributed by atoms with van der Waals surface area (Å²) in [5.41, 5.74) is 1.43. The average Bonchev–Trinajstić information content (AvgIpc) is 3.01. The van der Waals surface area contributed by atoms with Crippen molar-refractivity contribution in [1.82, 2.24) is 0 Å². The van der Waals surface area contributed by atoms with Crippen molar-refractivity contribution in [3.8, 4) is 0 Å². The average molecular weight is 401 g/mol. The van der Waals surface area contributed by atoms with Gasteiger partial charge in [-0.05, 0) is 86.0 Å². The van der Waals surface area contributed by atoms with E-state index in [2.05, 4.69) is 34.6 Å². The molecular formula is C27H44O2. The maximum atomic E-state index is 13.4. The Balaban J connectivity index is 1.57. The summed E-state index contributed by atoms with van der Waals surface area (Å²) in [4.78, 5) is 13.4. The number of allylic oxidation sites excluding steroid dienone is 1. The number of hydrogen-bond acceptors (Lipinski definition) is 2. The highest BCUT2D eigenvalue weighted by atomic mass is 16.3. The smallest absolute Gasteiger partial charge is 0.159 e. The summed E-state index contributed by atoms with van der Waals surface area (Å²) >= 11 is 0. The molecule has 1 unspecified atom stereocenters. The lowest BCUT2D eigenvalue weighted by atomic mass is 9.46. The quantitative estimate of drug-likeness (QED) is 0.567. The van der Waals surface area contributed by atoms with Gasteiger partial charge >= 0.3 is 0 Å². The molecule has 0 amide bonds. The topological polar surface area (TPSA) is 37.3 Å². The van der Waals surface area contributed by atoms with Crippen LogP contribution in [0.1, 0.15) is 98.8 Å². The Bertz CT molecular complexity index is 663. The molecule has 0 saturated heterocycles. The van der Waals surface area contributed by atoms with Gasteiger partial charge in [0.15, 0.2) is 5.78 Å². The fourth-order valence-corrected chi connectivity index (χ4v) is 8.48. The molecule has 0 heterocycles. The Morgan fingerprint density at radius 1 is 1.07 bits per heavy atom. The molecule has 0 radical (unpaired) electrons. The molecular weight excluding hydrogens is 356 g/mol. The third-order valence-corrected chi connectivity index (χ3v) is 10.2. The molecule has 0 aromatic carbocycles. The second-order valence-corrected chi connectivity index (χ2v) is 12.0. The number of aliphatic hydroxyl groups is 1. The van der Waals surface area contributed by atoms with E-state index in [0.29, 0.717) is 23.0 Å². The van der Waals surface area contributed by atoms with Gasteiger partial charge in [-0.1, -0.05) is 59.5 Å². The summed E-state index contributed by atoms with van der Waals surface area (Å²) in [6, 6.07) is 0. The summed E-state index contributed by atoms with van der Waals surface area (Å²) in [6.07, 6.45) is 13.6. The van der Waals surface area contributed by atoms with E-state index >= 15 is 0 Å². The van der Waals surface area contributed by atoms with E-state index < -0.39 is 0 Å². The van der Waals surface area contributed by atoms with Gasteiger partial charge in [-0.15, -0.1) is 0 Å². The molecule has 0 aromatic rings. The van der Waals surface area contributed by atoms with Gasteiger partial charge in [0.25, 0.3) is 0 Å². The first-order valence-corrected chi connectivity index (χ1v) is 12.6. The predicted molar refractivity (Wildman–Crippen MR) is 119 cm³/mol. The maximum Gasteiger partial charge on any atom is 0.159 e. The SMILES string of the molecule is CC(C)CCC[C@@H](C)[C@H]1CC[C@H]2[C@@H]3C(=O)C=C4CCCC(O)[C@]4(C)[C@H]3CC[C@]12C. The molecule has 164 valence electrons. The van der Waals surface area contributed by atoms with Gasteiger partial charge in [0.05, 0.1) is 6.10 Å². The van der Waals surface area contributed by atoms with Crippen LogP contribution in [0.3, 0.4) is 0 Å². The second kappa shape index (κ2) is 7.81. The summed E-state index contributed by atoms with van der Waals surface area (Å²) < 4.78 is 0. The zero-order valence-corrected chi connectivity index (χ0v) is 19.5. The van der Waals surface area contributed by atoms with Crippen molar-refractivity contribution in [2.24, 2.45) is 46.3 Å². The number of carbonyl (C=O) groups excluding carboxylic acids is 1. The highest BCUT2D eigenvalue weighted by Gasteiger charge is 2.62. The van der Waals surface area contributed by atoms with E-state index in [9.17, 15) is 9.90 Å². The van der Waals surface area contributed by atoms with Crippen LogP contribution in [0.15, 0.2) is 11.6 Å². The molecule has 29 heavy (non-hydrogen) atoms. The zero-order valence-electron chi connectivity index (χ0n) is 19.5. The third kappa shape index (κ3) is 3.36. The molecule has 0 aliphatic heterocycles. The van der Waals surface area contributed by atoms with Crippen LogP contribution in [0.4, 0.5) is 0 Å². The third-order valence-electron chi connectivity index (χ3n) is 10.2.